The van der Waals surface area contributed by atoms with Crippen molar-refractivity contribution >= 4 is 103 Å². The van der Waals surface area contributed by atoms with E-state index in [2.05, 4.69) is 47.8 Å². The highest BCUT2D eigenvalue weighted by Gasteiger charge is 2.55. The van der Waals surface area contributed by atoms with Gasteiger partial charge in [0, 0.05) is 151 Å². The summed E-state index contributed by atoms with van der Waals surface area (Å²) in [4.78, 5) is 205. The lowest BCUT2D eigenvalue weighted by Gasteiger charge is -2.45. The summed E-state index contributed by atoms with van der Waals surface area (Å²) in [5.41, 5.74) is -1.45. The molecule has 7 amide bonds. The van der Waals surface area contributed by atoms with Gasteiger partial charge in [-0.05, 0) is 86.0 Å². The maximum Gasteiger partial charge on any atom is 0.303 e. The molecule has 3 heterocycles. The second-order valence-corrected chi connectivity index (χ2v) is 32.4. The number of Topliss-reactive ketones (excluding diaryl/α,β-unsaturated/α-hetero) is 1. The first-order valence-electron chi connectivity index (χ1n) is 42.2. The Hall–Kier alpha value is -8.77. The molecule has 0 aromatic heterocycles. The molecule has 0 aromatic carbocycles. The quantitative estimate of drug-likeness (QED) is 0.0149. The summed E-state index contributed by atoms with van der Waals surface area (Å²) in [7, 11) is -1.57. The minimum atomic E-state index is -1.57. The van der Waals surface area contributed by atoms with Crippen molar-refractivity contribution < 1.29 is 166 Å². The molecular weight excluding hydrogens is 1690 g/mol. The summed E-state index contributed by atoms with van der Waals surface area (Å²) in [6.07, 6.45) is -9.44. The van der Waals surface area contributed by atoms with Crippen LogP contribution in [0.2, 0.25) is 0 Å². The molecule has 7 N–H and O–H groups in total. The van der Waals surface area contributed by atoms with E-state index < -0.39 is 214 Å². The maximum absolute atomic E-state index is 15.0. The number of carbonyl (C=O) groups excluding carboxylic acids is 16. The van der Waals surface area contributed by atoms with Gasteiger partial charge in [0.25, 0.3) is 8.53 Å². The number of hydrogen-bond acceptors (Lipinski definition) is 36. The fourth-order valence-electron chi connectivity index (χ4n) is 14.4. The minimum absolute atomic E-state index is 0.00323. The molecular formula is C82H131N8O35P. The van der Waals surface area contributed by atoms with Crippen molar-refractivity contribution in [1.82, 2.24) is 41.9 Å². The second-order valence-electron chi connectivity index (χ2n) is 31.0. The van der Waals surface area contributed by atoms with Crippen LogP contribution in [0.3, 0.4) is 0 Å². The van der Waals surface area contributed by atoms with Crippen molar-refractivity contribution in [3.63, 3.8) is 0 Å². The molecule has 44 heteroatoms. The average molecular weight is 1820 g/mol. The molecule has 1 aliphatic carbocycles. The summed E-state index contributed by atoms with van der Waals surface area (Å²) in [6, 6.07) is -3.61. The van der Waals surface area contributed by atoms with Crippen molar-refractivity contribution in [2.24, 2.45) is 5.92 Å². The summed E-state index contributed by atoms with van der Waals surface area (Å²) in [6.45, 7) is 19.9. The van der Waals surface area contributed by atoms with E-state index in [0.717, 1.165) is 55.4 Å². The van der Waals surface area contributed by atoms with Gasteiger partial charge in [-0.2, -0.15) is 0 Å². The lowest BCUT2D eigenvalue weighted by Crippen LogP contribution is -2.66. The molecule has 43 nitrogen and oxygen atoms in total. The van der Waals surface area contributed by atoms with E-state index in [1.807, 2.05) is 27.7 Å². The van der Waals surface area contributed by atoms with Gasteiger partial charge in [0.05, 0.1) is 72.2 Å². The fraction of sp³-hybridized carbons (Fsp3) is 0.780. The van der Waals surface area contributed by atoms with Crippen molar-refractivity contribution in [3.8, 4) is 12.3 Å². The highest BCUT2D eigenvalue weighted by atomic mass is 31.2. The normalized spacial score (nSPS) is 24.7. The fourth-order valence-corrected chi connectivity index (χ4v) is 16.2. The van der Waals surface area contributed by atoms with Gasteiger partial charge in [-0.3, -0.25) is 71.9 Å². The first-order chi connectivity index (χ1) is 59.6. The SMILES string of the molecule is C#CCCOP(OC1CCC(C(=O)NC(CCC(=O)NCCOCCOC2OC(CCC(C)=O)C(OC(C)=O)C(OC(C)=O)C2NC(C)=O)(CCC(=O)NCCOCCOC2OC(COC(C)=O)C(OC(C)=O)C(OC(C)=O)C2NC(C)=O)CCC(=O)NCCOCCOC2OC(COC(C)=O)C(OC(C)=O)C(OC(C)=O)C2NC(C)=O)CC1)N(C(C)C)C(C)C. The predicted octanol–water partition coefficient (Wildman–Crippen LogP) is 1.37. The van der Waals surface area contributed by atoms with E-state index in [1.165, 1.54) is 27.7 Å². The van der Waals surface area contributed by atoms with Crippen LogP contribution in [0.25, 0.3) is 0 Å². The van der Waals surface area contributed by atoms with Crippen molar-refractivity contribution in [2.45, 2.75) is 310 Å². The lowest BCUT2D eigenvalue weighted by molar-refractivity contribution is -0.279. The van der Waals surface area contributed by atoms with Crippen LogP contribution in [0.4, 0.5) is 0 Å². The Morgan fingerprint density at radius 2 is 0.754 bits per heavy atom. The standard InChI is InChI=1S/C82H131N8O35P/c1-18-19-35-115-126(90(47(2)3)48(4)5)125-62-23-21-61(22-24-62)78(106)89-82(29-26-66(103)83-32-36-107-39-42-110-79-69(86-50(7)92)75(119-58(15)100)72(116-55(12)97)63(122-79)25-20-49(6)91,30-27-67(104)84-33-37-108-40-43-111-80-70(87-51(8)93)76(120-59(16)101)73(117-56(13)98)64(123-80)45-113-53(10)95)31-28-68(105)85-34-38-109-41-44-112-81-71(88-52(9)94)77(121-60(17)102)74(118-57(14)99)65(124-81)46-114-54(11)96/h1,47-48,61-65,69-77,79-81H,19-46H2,2-17H3,(H,83,103)(H,84,104)(H,85,105)(H,86,92)(H,87,93)(H,88,94)(H,89,106). The Balaban J connectivity index is 1.60. The number of carbonyl (C=O) groups is 16. The predicted molar refractivity (Wildman–Crippen MR) is 438 cm³/mol. The molecule has 4 fully saturated rings. The molecule has 0 aromatic rings. The molecule has 4 aliphatic rings. The second kappa shape index (κ2) is 57.9. The molecule has 3 saturated heterocycles. The third-order valence-electron chi connectivity index (χ3n) is 19.6. The number of ketones is 1. The summed E-state index contributed by atoms with van der Waals surface area (Å²) in [5.74, 6) is -8.05. The smallest absolute Gasteiger partial charge is 0.303 e. The number of terminal acetylenes is 1. The number of hydrogen-bond donors (Lipinski definition) is 7. The van der Waals surface area contributed by atoms with Crippen molar-refractivity contribution in [1.29, 1.82) is 0 Å². The molecule has 4 rings (SSSR count). The molecule has 1 saturated carbocycles. The van der Waals surface area contributed by atoms with Gasteiger partial charge in [0.15, 0.2) is 55.5 Å². The van der Waals surface area contributed by atoms with E-state index in [0.29, 0.717) is 32.1 Å². The minimum Gasteiger partial charge on any atom is -0.463 e. The molecule has 16 unspecified atom stereocenters. The van der Waals surface area contributed by atoms with Crippen LogP contribution in [0.5, 0.6) is 0 Å². The number of amides is 7. The van der Waals surface area contributed by atoms with Crippen LogP contribution in [0.15, 0.2) is 0 Å². The molecule has 0 spiro atoms. The Morgan fingerprint density at radius 3 is 1.06 bits per heavy atom. The van der Waals surface area contributed by atoms with Gasteiger partial charge < -0.3 is 132 Å². The summed E-state index contributed by atoms with van der Waals surface area (Å²) in [5, 5.41) is 19.5. The van der Waals surface area contributed by atoms with Gasteiger partial charge in [0.2, 0.25) is 41.4 Å². The van der Waals surface area contributed by atoms with Gasteiger partial charge in [0.1, 0.15) is 55.4 Å². The number of ether oxygens (including phenoxy) is 17. The first-order valence-corrected chi connectivity index (χ1v) is 43.3. The topological polar surface area (TPSA) is 536 Å². The lowest BCUT2D eigenvalue weighted by atomic mass is 9.81. The molecule has 0 bridgehead atoms. The Kier molecular flexibility index (Phi) is 50.4. The van der Waals surface area contributed by atoms with Crippen molar-refractivity contribution in [2.75, 3.05) is 98.9 Å². The highest BCUT2D eigenvalue weighted by Crippen LogP contribution is 2.49. The van der Waals surface area contributed by atoms with Crippen LogP contribution >= 0.6 is 8.53 Å². The van der Waals surface area contributed by atoms with Crippen LogP contribution in [-0.2, 0) is 166 Å². The molecule has 16 atom stereocenters. The van der Waals surface area contributed by atoms with E-state index in [1.54, 1.807) is 0 Å². The van der Waals surface area contributed by atoms with Crippen LogP contribution in [-0.4, -0.2) is 314 Å². The summed E-state index contributed by atoms with van der Waals surface area (Å²) >= 11 is 0. The van der Waals surface area contributed by atoms with Gasteiger partial charge in [-0.15, -0.1) is 12.3 Å². The summed E-state index contributed by atoms with van der Waals surface area (Å²) < 4.78 is 112. The average Bonchev–Trinajstić information content (AvgIpc) is 0.799. The Labute approximate surface area is 735 Å². The van der Waals surface area contributed by atoms with Crippen molar-refractivity contribution in [3.05, 3.63) is 0 Å². The van der Waals surface area contributed by atoms with Gasteiger partial charge >= 0.3 is 47.8 Å². The number of nitrogens with zero attached hydrogens (tertiary/aromatic N) is 1. The monoisotopic (exact) mass is 1820 g/mol. The third kappa shape index (κ3) is 41.5. The molecule has 714 valence electrons. The number of esters is 8. The Bertz CT molecular complexity index is 3280. The largest absolute Gasteiger partial charge is 0.463 e. The molecule has 0 radical (unpaired) electrons. The maximum atomic E-state index is 15.0. The van der Waals surface area contributed by atoms with E-state index in [4.69, 9.17) is 96.0 Å². The first kappa shape index (κ1) is 110. The van der Waals surface area contributed by atoms with E-state index in [-0.39, 0.29) is 161 Å². The third-order valence-corrected chi connectivity index (χ3v) is 21.8. The van der Waals surface area contributed by atoms with Gasteiger partial charge in [-0.1, -0.05) is 0 Å². The molecule has 3 aliphatic heterocycles. The Morgan fingerprint density at radius 1 is 0.421 bits per heavy atom. The van der Waals surface area contributed by atoms with E-state index in [9.17, 15) is 71.9 Å². The van der Waals surface area contributed by atoms with Gasteiger partial charge in [-0.25, -0.2) is 4.67 Å². The van der Waals surface area contributed by atoms with E-state index >= 15 is 4.79 Å². The molecule has 126 heavy (non-hydrogen) atoms. The zero-order valence-corrected chi connectivity index (χ0v) is 75.9. The zero-order chi connectivity index (χ0) is 93.8. The van der Waals surface area contributed by atoms with Crippen LogP contribution in [0.1, 0.15) is 194 Å². The zero-order valence-electron chi connectivity index (χ0n) is 75.0. The van der Waals surface area contributed by atoms with Crippen LogP contribution < -0.4 is 37.2 Å². The van der Waals surface area contributed by atoms with Crippen LogP contribution in [0, 0.1) is 18.3 Å². The highest BCUT2D eigenvalue weighted by molar-refractivity contribution is 7.44. The number of nitrogens with one attached hydrogen (secondary N) is 7. The number of rotatable bonds is 56.